The van der Waals surface area contributed by atoms with Gasteiger partial charge in [-0.1, -0.05) is 36.4 Å². The van der Waals surface area contributed by atoms with E-state index in [2.05, 4.69) is 40.2 Å². The number of ether oxygens (including phenoxy) is 2. The predicted octanol–water partition coefficient (Wildman–Crippen LogP) is 5.55. The van der Waals surface area contributed by atoms with Gasteiger partial charge in [-0.3, -0.25) is 14.7 Å². The number of benzene rings is 3. The summed E-state index contributed by atoms with van der Waals surface area (Å²) in [4.78, 5) is 22.3. The third-order valence-electron chi connectivity index (χ3n) is 7.16. The van der Waals surface area contributed by atoms with Crippen LogP contribution in [0, 0.1) is 0 Å². The van der Waals surface area contributed by atoms with Gasteiger partial charge in [-0.2, -0.15) is 0 Å². The number of carbonyl (C=O) groups excluding carboxylic acids is 1. The number of hydrogen-bond acceptors (Lipinski definition) is 5. The Bertz CT molecular complexity index is 1430. The van der Waals surface area contributed by atoms with Crippen LogP contribution in [0.25, 0.3) is 22.0 Å². The zero-order chi connectivity index (χ0) is 24.5. The first-order chi connectivity index (χ1) is 17.7. The molecule has 1 fully saturated rings. The lowest BCUT2D eigenvalue weighted by Crippen LogP contribution is -2.25. The molecule has 3 aromatic carbocycles. The summed E-state index contributed by atoms with van der Waals surface area (Å²) in [5.41, 5.74) is 4.20. The summed E-state index contributed by atoms with van der Waals surface area (Å²) in [6.07, 6.45) is 4.36. The molecule has 1 amide bonds. The molecule has 1 saturated heterocycles. The summed E-state index contributed by atoms with van der Waals surface area (Å²) in [6, 6.07) is 22.1. The number of methoxy groups -OCH3 is 1. The maximum Gasteiger partial charge on any atom is 0.259 e. The van der Waals surface area contributed by atoms with Crippen molar-refractivity contribution in [2.24, 2.45) is 0 Å². The summed E-state index contributed by atoms with van der Waals surface area (Å²) in [6.45, 7) is 4.31. The van der Waals surface area contributed by atoms with Gasteiger partial charge in [0.05, 0.1) is 19.3 Å². The molecule has 0 unspecified atom stereocenters. The molecule has 0 spiro atoms. The van der Waals surface area contributed by atoms with E-state index in [9.17, 15) is 4.79 Å². The number of likely N-dealkylation sites (tertiary alicyclic amines) is 1. The lowest BCUT2D eigenvalue weighted by molar-refractivity contribution is 0.0996. The minimum atomic E-state index is -0.0285. The highest BCUT2D eigenvalue weighted by atomic mass is 16.5. The van der Waals surface area contributed by atoms with Crippen molar-refractivity contribution in [2.75, 3.05) is 38.3 Å². The number of pyridine rings is 1. The van der Waals surface area contributed by atoms with Gasteiger partial charge in [0, 0.05) is 41.2 Å². The van der Waals surface area contributed by atoms with Crippen LogP contribution in [0.4, 0.5) is 5.69 Å². The molecule has 2 aliphatic rings. The first-order valence-corrected chi connectivity index (χ1v) is 12.5. The van der Waals surface area contributed by atoms with Crippen molar-refractivity contribution >= 4 is 22.4 Å². The fourth-order valence-corrected chi connectivity index (χ4v) is 5.15. The van der Waals surface area contributed by atoms with Crippen LogP contribution in [0.1, 0.15) is 28.8 Å². The predicted molar refractivity (Wildman–Crippen MR) is 142 cm³/mol. The van der Waals surface area contributed by atoms with Crippen molar-refractivity contribution in [3.63, 3.8) is 0 Å². The second-order valence-corrected chi connectivity index (χ2v) is 9.41. The van der Waals surface area contributed by atoms with E-state index >= 15 is 0 Å². The van der Waals surface area contributed by atoms with Crippen LogP contribution < -0.4 is 14.4 Å². The average Bonchev–Trinajstić information content (AvgIpc) is 3.56. The van der Waals surface area contributed by atoms with E-state index in [0.29, 0.717) is 30.2 Å². The molecule has 3 heterocycles. The van der Waals surface area contributed by atoms with Gasteiger partial charge in [0.25, 0.3) is 5.91 Å². The molecular formula is C30H29N3O3. The Labute approximate surface area is 211 Å². The molecule has 2 aliphatic heterocycles. The van der Waals surface area contributed by atoms with Crippen LogP contribution in [-0.4, -0.2) is 49.1 Å². The van der Waals surface area contributed by atoms with Crippen molar-refractivity contribution in [3.8, 4) is 22.8 Å². The minimum absolute atomic E-state index is 0.0285. The smallest absolute Gasteiger partial charge is 0.259 e. The highest BCUT2D eigenvalue weighted by Gasteiger charge is 2.30. The minimum Gasteiger partial charge on any atom is -0.493 e. The number of nitrogens with zero attached hydrogens (tertiary/aromatic N) is 3. The van der Waals surface area contributed by atoms with Gasteiger partial charge in [-0.25, -0.2) is 0 Å². The van der Waals surface area contributed by atoms with E-state index in [4.69, 9.17) is 9.47 Å². The summed E-state index contributed by atoms with van der Waals surface area (Å²) in [5, 5.41) is 2.34. The van der Waals surface area contributed by atoms with Crippen LogP contribution in [0.3, 0.4) is 0 Å². The summed E-state index contributed by atoms with van der Waals surface area (Å²) < 4.78 is 11.6. The molecule has 182 valence electrons. The number of carbonyl (C=O) groups is 1. The Morgan fingerprint density at radius 1 is 0.917 bits per heavy atom. The highest BCUT2D eigenvalue weighted by molar-refractivity contribution is 6.10. The Hall–Kier alpha value is -3.90. The second-order valence-electron chi connectivity index (χ2n) is 9.41. The zero-order valence-electron chi connectivity index (χ0n) is 20.4. The molecule has 1 aromatic heterocycles. The molecule has 0 N–H and O–H groups in total. The Morgan fingerprint density at radius 3 is 2.58 bits per heavy atom. The fourth-order valence-electron chi connectivity index (χ4n) is 5.15. The largest absolute Gasteiger partial charge is 0.493 e. The Morgan fingerprint density at radius 2 is 1.75 bits per heavy atom. The van der Waals surface area contributed by atoms with Crippen LogP contribution in [0.2, 0.25) is 0 Å². The first kappa shape index (κ1) is 22.6. The highest BCUT2D eigenvalue weighted by Crippen LogP contribution is 2.36. The van der Waals surface area contributed by atoms with E-state index in [0.717, 1.165) is 47.5 Å². The number of rotatable bonds is 7. The number of fused-ring (bicyclic) bond motifs is 2. The van der Waals surface area contributed by atoms with E-state index in [1.54, 1.807) is 12.0 Å². The van der Waals surface area contributed by atoms with Crippen molar-refractivity contribution in [1.82, 2.24) is 9.88 Å². The average molecular weight is 480 g/mol. The first-order valence-electron chi connectivity index (χ1n) is 12.5. The molecule has 0 aliphatic carbocycles. The van der Waals surface area contributed by atoms with E-state index in [-0.39, 0.29) is 5.91 Å². The maximum absolute atomic E-state index is 13.4. The van der Waals surface area contributed by atoms with Gasteiger partial charge in [0.15, 0.2) is 11.5 Å². The Balaban J connectivity index is 1.21. The molecule has 0 saturated carbocycles. The molecule has 6 heteroatoms. The van der Waals surface area contributed by atoms with E-state index in [1.165, 1.54) is 18.2 Å². The van der Waals surface area contributed by atoms with E-state index in [1.807, 2.05) is 42.6 Å². The van der Waals surface area contributed by atoms with E-state index < -0.39 is 0 Å². The van der Waals surface area contributed by atoms with Crippen molar-refractivity contribution < 1.29 is 14.3 Å². The molecule has 36 heavy (non-hydrogen) atoms. The molecule has 0 atom stereocenters. The number of anilines is 1. The molecule has 4 aromatic rings. The SMILES string of the molecule is COc1cc(N2Cc3cnc(-c4ccc5ccccc5c4)cc3C2=O)ccc1OCCN1CCCC1. The monoisotopic (exact) mass is 479 g/mol. The standard InChI is InChI=1S/C30H29N3O3/c1-35-29-17-25(10-11-28(29)36-15-14-32-12-4-5-13-32)33-20-24-19-31-27(18-26(24)30(33)34)23-9-8-21-6-2-3-7-22(21)16-23/h2-3,6-11,16-19H,4-5,12-15,20H2,1H3. The van der Waals surface area contributed by atoms with Gasteiger partial charge in [-0.15, -0.1) is 0 Å². The topological polar surface area (TPSA) is 54.9 Å². The van der Waals surface area contributed by atoms with Crippen LogP contribution in [0.15, 0.2) is 72.9 Å². The van der Waals surface area contributed by atoms with Crippen molar-refractivity contribution in [3.05, 3.63) is 84.1 Å². The van der Waals surface area contributed by atoms with Crippen LogP contribution in [-0.2, 0) is 6.54 Å². The molecule has 0 radical (unpaired) electrons. The Kier molecular flexibility index (Phi) is 6.03. The van der Waals surface area contributed by atoms with Gasteiger partial charge < -0.3 is 14.4 Å². The van der Waals surface area contributed by atoms with Gasteiger partial charge in [0.2, 0.25) is 0 Å². The molecule has 6 rings (SSSR count). The summed E-state index contributed by atoms with van der Waals surface area (Å²) in [5.74, 6) is 1.30. The van der Waals surface area contributed by atoms with Crippen molar-refractivity contribution in [2.45, 2.75) is 19.4 Å². The molecule has 0 bridgehead atoms. The molecular weight excluding hydrogens is 450 g/mol. The number of hydrogen-bond donors (Lipinski definition) is 0. The fraction of sp³-hybridized carbons (Fsp3) is 0.267. The van der Waals surface area contributed by atoms with Crippen molar-refractivity contribution in [1.29, 1.82) is 0 Å². The van der Waals surface area contributed by atoms with Gasteiger partial charge >= 0.3 is 0 Å². The van der Waals surface area contributed by atoms with Gasteiger partial charge in [0.1, 0.15) is 6.61 Å². The van der Waals surface area contributed by atoms with Crippen LogP contribution >= 0.6 is 0 Å². The lowest BCUT2D eigenvalue weighted by Gasteiger charge is -2.19. The van der Waals surface area contributed by atoms with Gasteiger partial charge in [-0.05, 0) is 61.0 Å². The zero-order valence-corrected chi connectivity index (χ0v) is 20.4. The molecule has 6 nitrogen and oxygen atoms in total. The summed E-state index contributed by atoms with van der Waals surface area (Å²) >= 11 is 0. The van der Waals surface area contributed by atoms with Crippen LogP contribution in [0.5, 0.6) is 11.5 Å². The number of aromatic nitrogens is 1. The lowest BCUT2D eigenvalue weighted by atomic mass is 10.0. The third-order valence-corrected chi connectivity index (χ3v) is 7.16. The normalized spacial score (nSPS) is 15.5. The third kappa shape index (κ3) is 4.29. The number of amides is 1. The second kappa shape index (κ2) is 9.63. The summed E-state index contributed by atoms with van der Waals surface area (Å²) in [7, 11) is 1.63. The maximum atomic E-state index is 13.4. The quantitative estimate of drug-likeness (QED) is 0.348.